The number of rotatable bonds is 0. The Bertz CT molecular complexity index is 596. The number of nitrogens with zero attached hydrogens (tertiary/aromatic N) is 1. The van der Waals surface area contributed by atoms with Crippen LogP contribution in [-0.4, -0.2) is 23.0 Å². The number of aromatic nitrogens is 1. The highest BCUT2D eigenvalue weighted by Crippen LogP contribution is 2.40. The molecule has 1 unspecified atom stereocenters. The minimum atomic E-state index is 0.679. The van der Waals surface area contributed by atoms with E-state index >= 15 is 0 Å². The minimum Gasteiger partial charge on any atom is -0.358 e. The summed E-state index contributed by atoms with van der Waals surface area (Å²) in [5.41, 5.74) is 5.81. The Labute approximate surface area is 108 Å². The first-order valence-electron chi connectivity index (χ1n) is 7.18. The van der Waals surface area contributed by atoms with E-state index in [0.29, 0.717) is 6.04 Å². The van der Waals surface area contributed by atoms with E-state index in [4.69, 9.17) is 0 Å². The summed E-state index contributed by atoms with van der Waals surface area (Å²) in [6.07, 6.45) is 5.31. The Kier molecular flexibility index (Phi) is 2.28. The van der Waals surface area contributed by atoms with Crippen molar-refractivity contribution in [1.29, 1.82) is 0 Å². The molecule has 1 aromatic carbocycles. The van der Waals surface area contributed by atoms with E-state index in [1.807, 2.05) is 0 Å². The van der Waals surface area contributed by atoms with Crippen molar-refractivity contribution in [3.63, 3.8) is 0 Å². The number of benzene rings is 1. The third kappa shape index (κ3) is 1.45. The molecule has 2 aliphatic heterocycles. The predicted molar refractivity (Wildman–Crippen MR) is 74.9 cm³/mol. The standard InChI is InChI=1S/C16H20N2/c1-11-5-6-13-12(10-11)16-14(17-13)7-9-18-8-3-2-4-15(16)18/h5-6,10,15,17H,2-4,7-9H2,1H3. The molecule has 1 N–H and O–H groups in total. The molecule has 0 radical (unpaired) electrons. The molecule has 1 saturated heterocycles. The van der Waals surface area contributed by atoms with Gasteiger partial charge >= 0.3 is 0 Å². The van der Waals surface area contributed by atoms with E-state index in [2.05, 4.69) is 35.0 Å². The first-order valence-corrected chi connectivity index (χ1v) is 7.18. The number of aryl methyl sites for hydroxylation is 1. The molecular formula is C16H20N2. The van der Waals surface area contributed by atoms with E-state index in [-0.39, 0.29) is 0 Å². The lowest BCUT2D eigenvalue weighted by Crippen LogP contribution is -2.38. The van der Waals surface area contributed by atoms with Crippen molar-refractivity contribution >= 4 is 10.9 Å². The van der Waals surface area contributed by atoms with Gasteiger partial charge in [-0.3, -0.25) is 4.90 Å². The van der Waals surface area contributed by atoms with Gasteiger partial charge in [-0.25, -0.2) is 0 Å². The SMILES string of the molecule is Cc1ccc2[nH]c3c(c2c1)C1CCCCN1CC3. The van der Waals surface area contributed by atoms with Crippen LogP contribution in [0.15, 0.2) is 18.2 Å². The van der Waals surface area contributed by atoms with Crippen molar-refractivity contribution in [2.24, 2.45) is 0 Å². The predicted octanol–water partition coefficient (Wildman–Crippen LogP) is 3.56. The van der Waals surface area contributed by atoms with Gasteiger partial charge in [-0.2, -0.15) is 0 Å². The summed E-state index contributed by atoms with van der Waals surface area (Å²) >= 11 is 0. The molecule has 0 bridgehead atoms. The summed E-state index contributed by atoms with van der Waals surface area (Å²) in [5, 5.41) is 1.47. The van der Waals surface area contributed by atoms with Gasteiger partial charge in [0, 0.05) is 35.6 Å². The van der Waals surface area contributed by atoms with Crippen LogP contribution in [0, 0.1) is 6.92 Å². The van der Waals surface area contributed by atoms with E-state index in [9.17, 15) is 0 Å². The van der Waals surface area contributed by atoms with E-state index in [1.165, 1.54) is 60.9 Å². The maximum absolute atomic E-state index is 3.65. The first kappa shape index (κ1) is 10.6. The van der Waals surface area contributed by atoms with Gasteiger partial charge in [0.05, 0.1) is 0 Å². The monoisotopic (exact) mass is 240 g/mol. The third-order valence-corrected chi connectivity index (χ3v) is 4.67. The lowest BCUT2D eigenvalue weighted by molar-refractivity contribution is 0.139. The minimum absolute atomic E-state index is 0.679. The van der Waals surface area contributed by atoms with Crippen molar-refractivity contribution in [3.05, 3.63) is 35.0 Å². The molecule has 2 aromatic rings. The van der Waals surface area contributed by atoms with Gasteiger partial charge in [0.15, 0.2) is 0 Å². The van der Waals surface area contributed by atoms with Crippen molar-refractivity contribution in [2.45, 2.75) is 38.6 Å². The molecule has 0 saturated carbocycles. The normalized spacial score (nSPS) is 23.9. The second-order valence-electron chi connectivity index (χ2n) is 5.86. The summed E-state index contributed by atoms with van der Waals surface area (Å²) in [4.78, 5) is 6.35. The fourth-order valence-corrected chi connectivity index (χ4v) is 3.80. The highest BCUT2D eigenvalue weighted by molar-refractivity contribution is 5.86. The van der Waals surface area contributed by atoms with Gasteiger partial charge in [-0.15, -0.1) is 0 Å². The molecule has 1 atom stereocenters. The summed E-state index contributed by atoms with van der Waals surface area (Å²) < 4.78 is 0. The van der Waals surface area contributed by atoms with Crippen molar-refractivity contribution in [3.8, 4) is 0 Å². The van der Waals surface area contributed by atoms with Crippen LogP contribution in [0.1, 0.15) is 42.1 Å². The quantitative estimate of drug-likeness (QED) is 0.746. The zero-order chi connectivity index (χ0) is 12.1. The van der Waals surface area contributed by atoms with Crippen LogP contribution in [0.2, 0.25) is 0 Å². The topological polar surface area (TPSA) is 19.0 Å². The Balaban J connectivity index is 1.93. The summed E-state index contributed by atoms with van der Waals surface area (Å²) in [5.74, 6) is 0. The highest BCUT2D eigenvalue weighted by atomic mass is 15.2. The number of nitrogens with one attached hydrogen (secondary N) is 1. The van der Waals surface area contributed by atoms with Crippen molar-refractivity contribution in [1.82, 2.24) is 9.88 Å². The number of H-pyrrole nitrogens is 1. The zero-order valence-electron chi connectivity index (χ0n) is 11.0. The molecule has 0 amide bonds. The van der Waals surface area contributed by atoms with Crippen molar-refractivity contribution < 1.29 is 0 Å². The Morgan fingerprint density at radius 2 is 2.17 bits per heavy atom. The molecule has 2 heteroatoms. The Morgan fingerprint density at radius 3 is 3.11 bits per heavy atom. The second-order valence-corrected chi connectivity index (χ2v) is 5.86. The highest BCUT2D eigenvalue weighted by Gasteiger charge is 2.31. The lowest BCUT2D eigenvalue weighted by Gasteiger charge is -2.39. The van der Waals surface area contributed by atoms with Gasteiger partial charge in [-0.1, -0.05) is 18.1 Å². The molecule has 4 rings (SSSR count). The third-order valence-electron chi connectivity index (χ3n) is 4.67. The van der Waals surface area contributed by atoms with Gasteiger partial charge < -0.3 is 4.98 Å². The number of fused-ring (bicyclic) bond motifs is 5. The Morgan fingerprint density at radius 1 is 1.22 bits per heavy atom. The lowest BCUT2D eigenvalue weighted by atomic mass is 9.89. The van der Waals surface area contributed by atoms with Gasteiger partial charge in [0.2, 0.25) is 0 Å². The van der Waals surface area contributed by atoms with Gasteiger partial charge in [0.25, 0.3) is 0 Å². The maximum Gasteiger partial charge on any atom is 0.0459 e. The summed E-state index contributed by atoms with van der Waals surface area (Å²) in [6, 6.07) is 7.50. The molecule has 3 heterocycles. The molecule has 94 valence electrons. The van der Waals surface area contributed by atoms with Crippen LogP contribution in [-0.2, 0) is 6.42 Å². The van der Waals surface area contributed by atoms with Crippen LogP contribution in [0.5, 0.6) is 0 Å². The van der Waals surface area contributed by atoms with Crippen LogP contribution in [0.4, 0.5) is 0 Å². The van der Waals surface area contributed by atoms with Crippen LogP contribution in [0.3, 0.4) is 0 Å². The number of piperidine rings is 1. The fraction of sp³-hybridized carbons (Fsp3) is 0.500. The maximum atomic E-state index is 3.65. The zero-order valence-corrected chi connectivity index (χ0v) is 11.0. The average molecular weight is 240 g/mol. The van der Waals surface area contributed by atoms with Gasteiger partial charge in [0.1, 0.15) is 0 Å². The molecule has 0 aliphatic carbocycles. The van der Waals surface area contributed by atoms with E-state index in [0.717, 1.165) is 0 Å². The molecule has 1 aromatic heterocycles. The smallest absolute Gasteiger partial charge is 0.0459 e. The molecular weight excluding hydrogens is 220 g/mol. The van der Waals surface area contributed by atoms with E-state index < -0.39 is 0 Å². The number of hydrogen-bond acceptors (Lipinski definition) is 1. The fourth-order valence-electron chi connectivity index (χ4n) is 3.80. The van der Waals surface area contributed by atoms with Crippen LogP contribution >= 0.6 is 0 Å². The van der Waals surface area contributed by atoms with Crippen molar-refractivity contribution in [2.75, 3.05) is 13.1 Å². The molecule has 2 aliphatic rings. The first-order chi connectivity index (χ1) is 8.83. The number of aromatic amines is 1. The molecule has 18 heavy (non-hydrogen) atoms. The summed E-state index contributed by atoms with van der Waals surface area (Å²) in [7, 11) is 0. The molecule has 0 spiro atoms. The molecule has 1 fully saturated rings. The second kappa shape index (κ2) is 3.86. The van der Waals surface area contributed by atoms with Crippen LogP contribution in [0.25, 0.3) is 10.9 Å². The molecule has 2 nitrogen and oxygen atoms in total. The van der Waals surface area contributed by atoms with Crippen LogP contribution < -0.4 is 0 Å². The number of hydrogen-bond donors (Lipinski definition) is 1. The average Bonchev–Trinajstić information content (AvgIpc) is 2.77. The van der Waals surface area contributed by atoms with E-state index in [1.54, 1.807) is 5.56 Å². The Hall–Kier alpha value is -1.28. The van der Waals surface area contributed by atoms with Gasteiger partial charge in [-0.05, 0) is 44.0 Å². The summed E-state index contributed by atoms with van der Waals surface area (Å²) in [6.45, 7) is 4.73. The largest absolute Gasteiger partial charge is 0.358 e.